The van der Waals surface area contributed by atoms with Crippen molar-refractivity contribution in [1.29, 1.82) is 0 Å². The number of nitrogens with one attached hydrogen (secondary N) is 1. The number of aliphatic hydroxyl groups is 1. The summed E-state index contributed by atoms with van der Waals surface area (Å²) in [5, 5.41) is 13.2. The topological polar surface area (TPSA) is 44.7 Å². The average Bonchev–Trinajstić information content (AvgIpc) is 3.29. The third-order valence-corrected chi connectivity index (χ3v) is 4.70. The van der Waals surface area contributed by atoms with Crippen molar-refractivity contribution in [2.24, 2.45) is 0 Å². The number of rotatable bonds is 13. The Morgan fingerprint density at radius 2 is 2.05 bits per heavy atom. The van der Waals surface area contributed by atoms with Gasteiger partial charge in [-0.05, 0) is 52.5 Å². The molecule has 1 saturated carbocycles. The van der Waals surface area contributed by atoms with Gasteiger partial charge in [0.05, 0.1) is 13.2 Å². The summed E-state index contributed by atoms with van der Waals surface area (Å²) < 4.78 is 5.21. The van der Waals surface area contributed by atoms with E-state index in [1.807, 2.05) is 0 Å². The average molecular weight is 300 g/mol. The molecule has 0 aromatic carbocycles. The van der Waals surface area contributed by atoms with E-state index in [2.05, 4.69) is 31.0 Å². The summed E-state index contributed by atoms with van der Waals surface area (Å²) in [6, 6.07) is 1.27. The van der Waals surface area contributed by atoms with Crippen molar-refractivity contribution in [2.45, 2.75) is 76.9 Å². The molecule has 126 valence electrons. The Balaban J connectivity index is 2.24. The third-order valence-electron chi connectivity index (χ3n) is 4.70. The SMILES string of the molecule is CCC(C)N(CCCCC(C)(CO)NC1CC1)CCOC. The monoisotopic (exact) mass is 300 g/mol. The number of ether oxygens (including phenoxy) is 1. The number of aliphatic hydroxyl groups excluding tert-OH is 1. The second kappa shape index (κ2) is 9.78. The second-order valence-corrected chi connectivity index (χ2v) is 6.88. The van der Waals surface area contributed by atoms with Crippen LogP contribution in [0.3, 0.4) is 0 Å². The fourth-order valence-corrected chi connectivity index (χ4v) is 2.77. The molecule has 2 unspecified atom stereocenters. The molecule has 0 aromatic rings. The van der Waals surface area contributed by atoms with E-state index < -0.39 is 0 Å². The second-order valence-electron chi connectivity index (χ2n) is 6.88. The van der Waals surface area contributed by atoms with Gasteiger partial charge in [-0.3, -0.25) is 4.90 Å². The molecule has 4 heteroatoms. The summed E-state index contributed by atoms with van der Waals surface area (Å²) in [5.41, 5.74) is -0.0884. The molecule has 1 rings (SSSR count). The van der Waals surface area contributed by atoms with Gasteiger partial charge >= 0.3 is 0 Å². The van der Waals surface area contributed by atoms with Crippen LogP contribution < -0.4 is 5.32 Å². The Morgan fingerprint density at radius 1 is 1.33 bits per heavy atom. The lowest BCUT2D eigenvalue weighted by molar-refractivity contribution is 0.118. The lowest BCUT2D eigenvalue weighted by Crippen LogP contribution is -2.47. The molecule has 0 bridgehead atoms. The van der Waals surface area contributed by atoms with Gasteiger partial charge in [-0.2, -0.15) is 0 Å². The minimum atomic E-state index is -0.0884. The number of unbranched alkanes of at least 4 members (excludes halogenated alkanes) is 1. The van der Waals surface area contributed by atoms with Crippen molar-refractivity contribution in [1.82, 2.24) is 10.2 Å². The first-order valence-corrected chi connectivity index (χ1v) is 8.66. The Morgan fingerprint density at radius 3 is 2.57 bits per heavy atom. The lowest BCUT2D eigenvalue weighted by atomic mass is 9.95. The molecule has 0 spiro atoms. The predicted molar refractivity (Wildman–Crippen MR) is 88.7 cm³/mol. The minimum absolute atomic E-state index is 0.0884. The van der Waals surface area contributed by atoms with E-state index in [0.717, 1.165) is 32.5 Å². The van der Waals surface area contributed by atoms with Crippen molar-refractivity contribution in [3.63, 3.8) is 0 Å². The molecular formula is C17H36N2O2. The van der Waals surface area contributed by atoms with Gasteiger partial charge in [0.15, 0.2) is 0 Å². The van der Waals surface area contributed by atoms with E-state index in [-0.39, 0.29) is 12.1 Å². The molecule has 0 aliphatic heterocycles. The normalized spacial score (nSPS) is 19.7. The molecule has 0 aromatic heterocycles. The Labute approximate surface area is 131 Å². The number of hydrogen-bond donors (Lipinski definition) is 2. The standard InChI is InChI=1S/C17H36N2O2/c1-5-15(2)19(12-13-21-4)11-7-6-10-17(3,14-20)18-16-8-9-16/h15-16,18,20H,5-14H2,1-4H3. The highest BCUT2D eigenvalue weighted by Gasteiger charge is 2.31. The van der Waals surface area contributed by atoms with Crippen molar-refractivity contribution in [3.8, 4) is 0 Å². The van der Waals surface area contributed by atoms with E-state index in [1.54, 1.807) is 7.11 Å². The molecule has 0 saturated heterocycles. The maximum absolute atomic E-state index is 9.62. The fourth-order valence-electron chi connectivity index (χ4n) is 2.77. The van der Waals surface area contributed by atoms with Crippen LogP contribution in [0.15, 0.2) is 0 Å². The van der Waals surface area contributed by atoms with E-state index in [4.69, 9.17) is 4.74 Å². The predicted octanol–water partition coefficient (Wildman–Crippen LogP) is 2.41. The summed E-state index contributed by atoms with van der Waals surface area (Å²) >= 11 is 0. The summed E-state index contributed by atoms with van der Waals surface area (Å²) in [6.45, 7) is 9.88. The zero-order chi connectivity index (χ0) is 15.7. The smallest absolute Gasteiger partial charge is 0.0610 e. The van der Waals surface area contributed by atoms with Gasteiger partial charge in [-0.25, -0.2) is 0 Å². The van der Waals surface area contributed by atoms with Crippen LogP contribution in [0.25, 0.3) is 0 Å². The largest absolute Gasteiger partial charge is 0.394 e. The fraction of sp³-hybridized carbons (Fsp3) is 1.00. The van der Waals surface area contributed by atoms with Crippen molar-refractivity contribution < 1.29 is 9.84 Å². The zero-order valence-corrected chi connectivity index (χ0v) is 14.5. The third kappa shape index (κ3) is 7.59. The molecule has 1 aliphatic rings. The summed E-state index contributed by atoms with van der Waals surface area (Å²) in [5.74, 6) is 0. The van der Waals surface area contributed by atoms with Crippen LogP contribution in [0.2, 0.25) is 0 Å². The molecule has 1 aliphatic carbocycles. The van der Waals surface area contributed by atoms with E-state index >= 15 is 0 Å². The molecule has 0 heterocycles. The first kappa shape index (κ1) is 18.9. The number of methoxy groups -OCH3 is 1. The van der Waals surface area contributed by atoms with E-state index in [0.29, 0.717) is 12.1 Å². The zero-order valence-electron chi connectivity index (χ0n) is 14.5. The molecule has 0 radical (unpaired) electrons. The minimum Gasteiger partial charge on any atom is -0.394 e. The van der Waals surface area contributed by atoms with Crippen LogP contribution in [-0.4, -0.2) is 61.0 Å². The number of nitrogens with zero attached hydrogens (tertiary/aromatic N) is 1. The van der Waals surface area contributed by atoms with Gasteiger partial charge in [0.1, 0.15) is 0 Å². The first-order chi connectivity index (χ1) is 10.0. The van der Waals surface area contributed by atoms with Gasteiger partial charge in [-0.15, -0.1) is 0 Å². The summed E-state index contributed by atoms with van der Waals surface area (Å²) in [6.07, 6.45) is 7.13. The van der Waals surface area contributed by atoms with Gasteiger partial charge in [0, 0.05) is 31.3 Å². The summed E-state index contributed by atoms with van der Waals surface area (Å²) in [4.78, 5) is 2.52. The lowest BCUT2D eigenvalue weighted by Gasteiger charge is -2.31. The Bertz CT molecular complexity index is 272. The highest BCUT2D eigenvalue weighted by Crippen LogP contribution is 2.25. The van der Waals surface area contributed by atoms with Crippen molar-refractivity contribution >= 4 is 0 Å². The maximum atomic E-state index is 9.62. The van der Waals surface area contributed by atoms with Crippen LogP contribution in [0.1, 0.15) is 59.3 Å². The van der Waals surface area contributed by atoms with Crippen LogP contribution in [0.4, 0.5) is 0 Å². The van der Waals surface area contributed by atoms with Crippen molar-refractivity contribution in [3.05, 3.63) is 0 Å². The quantitative estimate of drug-likeness (QED) is 0.513. The van der Waals surface area contributed by atoms with Crippen LogP contribution in [0.5, 0.6) is 0 Å². The Hall–Kier alpha value is -0.160. The van der Waals surface area contributed by atoms with Gasteiger partial charge in [0.25, 0.3) is 0 Å². The Kier molecular flexibility index (Phi) is 8.79. The number of hydrogen-bond acceptors (Lipinski definition) is 4. The first-order valence-electron chi connectivity index (χ1n) is 8.66. The van der Waals surface area contributed by atoms with Crippen LogP contribution >= 0.6 is 0 Å². The van der Waals surface area contributed by atoms with Gasteiger partial charge in [-0.1, -0.05) is 13.3 Å². The maximum Gasteiger partial charge on any atom is 0.0610 e. The van der Waals surface area contributed by atoms with Gasteiger partial charge in [0.2, 0.25) is 0 Å². The molecular weight excluding hydrogens is 264 g/mol. The van der Waals surface area contributed by atoms with E-state index in [1.165, 1.54) is 25.7 Å². The van der Waals surface area contributed by atoms with Crippen LogP contribution in [0, 0.1) is 0 Å². The molecule has 21 heavy (non-hydrogen) atoms. The van der Waals surface area contributed by atoms with Gasteiger partial charge < -0.3 is 15.2 Å². The molecule has 4 nitrogen and oxygen atoms in total. The molecule has 2 N–H and O–H groups in total. The molecule has 1 fully saturated rings. The van der Waals surface area contributed by atoms with Crippen molar-refractivity contribution in [2.75, 3.05) is 33.4 Å². The van der Waals surface area contributed by atoms with E-state index in [9.17, 15) is 5.11 Å². The molecule has 0 amide bonds. The highest BCUT2D eigenvalue weighted by molar-refractivity contribution is 4.92. The highest BCUT2D eigenvalue weighted by atomic mass is 16.5. The van der Waals surface area contributed by atoms with Crippen LogP contribution in [-0.2, 0) is 4.74 Å². The molecule has 2 atom stereocenters. The summed E-state index contributed by atoms with van der Waals surface area (Å²) in [7, 11) is 1.77.